The van der Waals surface area contributed by atoms with Gasteiger partial charge in [-0.05, 0) is 25.0 Å². The van der Waals surface area contributed by atoms with E-state index in [9.17, 15) is 9.90 Å². The van der Waals surface area contributed by atoms with E-state index in [1.165, 1.54) is 0 Å². The number of likely N-dealkylation sites (N-methyl/N-ethyl adjacent to an activating group) is 1. The number of carboxylic acids is 1. The van der Waals surface area contributed by atoms with Crippen LogP contribution in [-0.2, 0) is 4.74 Å². The van der Waals surface area contributed by atoms with Crippen molar-refractivity contribution in [2.75, 3.05) is 32.2 Å². The van der Waals surface area contributed by atoms with Crippen LogP contribution in [0.3, 0.4) is 0 Å². The van der Waals surface area contributed by atoms with Crippen molar-refractivity contribution in [3.8, 4) is 5.75 Å². The monoisotopic (exact) mass is 265 g/mol. The zero-order valence-electron chi connectivity index (χ0n) is 11.3. The predicted molar refractivity (Wildman–Crippen MR) is 72.2 cm³/mol. The first-order valence-corrected chi connectivity index (χ1v) is 6.36. The fourth-order valence-electron chi connectivity index (χ4n) is 2.33. The van der Waals surface area contributed by atoms with Gasteiger partial charge in [0.25, 0.3) is 0 Å². The first kappa shape index (κ1) is 13.7. The minimum Gasteiger partial charge on any atom is -0.497 e. The summed E-state index contributed by atoms with van der Waals surface area (Å²) in [6.07, 6.45) is 2.27. The number of ether oxygens (including phenoxy) is 2. The fourth-order valence-corrected chi connectivity index (χ4v) is 2.33. The summed E-state index contributed by atoms with van der Waals surface area (Å²) in [6, 6.07) is 4.98. The number of nitrogens with zero attached hydrogens (tertiary/aromatic N) is 1. The average Bonchev–Trinajstić information content (AvgIpc) is 2.90. The van der Waals surface area contributed by atoms with Crippen LogP contribution in [0.1, 0.15) is 23.2 Å². The molecule has 1 aliphatic rings. The van der Waals surface area contributed by atoms with Gasteiger partial charge in [-0.15, -0.1) is 0 Å². The summed E-state index contributed by atoms with van der Waals surface area (Å²) < 4.78 is 10.7. The molecule has 104 valence electrons. The molecule has 1 fully saturated rings. The van der Waals surface area contributed by atoms with E-state index in [4.69, 9.17) is 9.47 Å². The highest BCUT2D eigenvalue weighted by Gasteiger charge is 2.20. The van der Waals surface area contributed by atoms with E-state index in [-0.39, 0.29) is 11.7 Å². The van der Waals surface area contributed by atoms with E-state index in [2.05, 4.69) is 0 Å². The molecule has 19 heavy (non-hydrogen) atoms. The summed E-state index contributed by atoms with van der Waals surface area (Å²) in [7, 11) is 3.45. The molecular formula is C14H19NO4. The molecule has 0 radical (unpaired) electrons. The molecule has 0 aliphatic carbocycles. The van der Waals surface area contributed by atoms with Crippen LogP contribution in [0.5, 0.6) is 5.75 Å². The molecule has 1 aromatic rings. The van der Waals surface area contributed by atoms with E-state index in [1.54, 1.807) is 25.3 Å². The van der Waals surface area contributed by atoms with Crippen molar-refractivity contribution in [1.82, 2.24) is 0 Å². The van der Waals surface area contributed by atoms with Crippen molar-refractivity contribution >= 4 is 11.7 Å². The first-order chi connectivity index (χ1) is 9.11. The zero-order chi connectivity index (χ0) is 13.8. The van der Waals surface area contributed by atoms with Gasteiger partial charge in [0.05, 0.1) is 24.5 Å². The Morgan fingerprint density at radius 1 is 1.58 bits per heavy atom. The number of hydrogen-bond donors (Lipinski definition) is 1. The zero-order valence-corrected chi connectivity index (χ0v) is 11.3. The molecule has 5 heteroatoms. The maximum atomic E-state index is 11.3. The van der Waals surface area contributed by atoms with Gasteiger partial charge < -0.3 is 19.5 Å². The number of benzene rings is 1. The van der Waals surface area contributed by atoms with E-state index < -0.39 is 5.97 Å². The molecule has 5 nitrogen and oxygen atoms in total. The van der Waals surface area contributed by atoms with E-state index >= 15 is 0 Å². The standard InChI is InChI=1S/C14H19NO4/c1-15(9-11-4-3-7-19-11)13-8-10(18-2)5-6-12(13)14(16)17/h5-6,8,11H,3-4,7,9H2,1-2H3,(H,16,17). The van der Waals surface area contributed by atoms with Gasteiger partial charge in [0, 0.05) is 26.3 Å². The third kappa shape index (κ3) is 3.17. The van der Waals surface area contributed by atoms with Crippen LogP contribution in [0.15, 0.2) is 18.2 Å². The molecule has 1 aromatic carbocycles. The molecular weight excluding hydrogens is 246 g/mol. The smallest absolute Gasteiger partial charge is 0.337 e. The molecule has 0 aromatic heterocycles. The Kier molecular flexibility index (Phi) is 4.27. The Bertz CT molecular complexity index is 455. The minimum absolute atomic E-state index is 0.179. The summed E-state index contributed by atoms with van der Waals surface area (Å²) in [5.41, 5.74) is 0.934. The van der Waals surface area contributed by atoms with Crippen LogP contribution in [-0.4, -0.2) is 44.5 Å². The van der Waals surface area contributed by atoms with Gasteiger partial charge in [-0.3, -0.25) is 0 Å². The SMILES string of the molecule is COc1ccc(C(=O)O)c(N(C)CC2CCCO2)c1. The van der Waals surface area contributed by atoms with Crippen LogP contribution >= 0.6 is 0 Å². The number of methoxy groups -OCH3 is 1. The van der Waals surface area contributed by atoms with Gasteiger partial charge in [-0.2, -0.15) is 0 Å². The molecule has 0 amide bonds. The molecule has 0 spiro atoms. The van der Waals surface area contributed by atoms with Gasteiger partial charge in [-0.1, -0.05) is 0 Å². The maximum absolute atomic E-state index is 11.3. The van der Waals surface area contributed by atoms with Gasteiger partial charge >= 0.3 is 5.97 Å². The lowest BCUT2D eigenvalue weighted by molar-refractivity contribution is 0.0697. The Morgan fingerprint density at radius 2 is 2.37 bits per heavy atom. The second-order valence-corrected chi connectivity index (χ2v) is 4.70. The van der Waals surface area contributed by atoms with E-state index in [0.29, 0.717) is 18.0 Å². The summed E-state index contributed by atoms with van der Waals surface area (Å²) in [6.45, 7) is 1.48. The Balaban J connectivity index is 2.21. The van der Waals surface area contributed by atoms with Gasteiger partial charge in [0.2, 0.25) is 0 Å². The van der Waals surface area contributed by atoms with E-state index in [1.807, 2.05) is 11.9 Å². The van der Waals surface area contributed by atoms with Crippen molar-refractivity contribution in [2.45, 2.75) is 18.9 Å². The van der Waals surface area contributed by atoms with Crippen molar-refractivity contribution in [2.24, 2.45) is 0 Å². The number of rotatable bonds is 5. The molecule has 0 bridgehead atoms. The molecule has 0 saturated carbocycles. The molecule has 1 aliphatic heterocycles. The van der Waals surface area contributed by atoms with Crippen molar-refractivity contribution in [3.63, 3.8) is 0 Å². The number of hydrogen-bond acceptors (Lipinski definition) is 4. The normalized spacial score (nSPS) is 18.3. The van der Waals surface area contributed by atoms with Crippen LogP contribution in [0.2, 0.25) is 0 Å². The van der Waals surface area contributed by atoms with Crippen LogP contribution in [0.25, 0.3) is 0 Å². The number of carbonyl (C=O) groups is 1. The Hall–Kier alpha value is -1.75. The maximum Gasteiger partial charge on any atom is 0.337 e. The number of anilines is 1. The average molecular weight is 265 g/mol. The first-order valence-electron chi connectivity index (χ1n) is 6.36. The third-order valence-electron chi connectivity index (χ3n) is 3.35. The highest BCUT2D eigenvalue weighted by atomic mass is 16.5. The summed E-state index contributed by atoms with van der Waals surface area (Å²) in [5, 5.41) is 9.24. The molecule has 2 rings (SSSR count). The quantitative estimate of drug-likeness (QED) is 0.882. The van der Waals surface area contributed by atoms with Crippen molar-refractivity contribution in [1.29, 1.82) is 0 Å². The second kappa shape index (κ2) is 5.93. The minimum atomic E-state index is -0.933. The summed E-state index contributed by atoms with van der Waals surface area (Å²) in [5.74, 6) is -0.281. The molecule has 1 atom stereocenters. The Labute approximate surface area is 112 Å². The van der Waals surface area contributed by atoms with Crippen LogP contribution < -0.4 is 9.64 Å². The van der Waals surface area contributed by atoms with Crippen molar-refractivity contribution in [3.05, 3.63) is 23.8 Å². The second-order valence-electron chi connectivity index (χ2n) is 4.70. The predicted octanol–water partition coefficient (Wildman–Crippen LogP) is 2.01. The largest absolute Gasteiger partial charge is 0.497 e. The lowest BCUT2D eigenvalue weighted by Crippen LogP contribution is -2.29. The van der Waals surface area contributed by atoms with Crippen LogP contribution in [0.4, 0.5) is 5.69 Å². The van der Waals surface area contributed by atoms with Gasteiger partial charge in [0.1, 0.15) is 5.75 Å². The number of aromatic carboxylic acids is 1. The highest BCUT2D eigenvalue weighted by Crippen LogP contribution is 2.26. The lowest BCUT2D eigenvalue weighted by Gasteiger charge is -2.24. The van der Waals surface area contributed by atoms with E-state index in [0.717, 1.165) is 19.4 Å². The van der Waals surface area contributed by atoms with Gasteiger partial charge in [-0.25, -0.2) is 4.79 Å². The topological polar surface area (TPSA) is 59.0 Å². The summed E-state index contributed by atoms with van der Waals surface area (Å²) >= 11 is 0. The molecule has 1 unspecified atom stereocenters. The molecule has 1 saturated heterocycles. The molecule has 1 heterocycles. The highest BCUT2D eigenvalue weighted by molar-refractivity contribution is 5.94. The van der Waals surface area contributed by atoms with Gasteiger partial charge in [0.15, 0.2) is 0 Å². The third-order valence-corrected chi connectivity index (χ3v) is 3.35. The van der Waals surface area contributed by atoms with Crippen molar-refractivity contribution < 1.29 is 19.4 Å². The fraction of sp³-hybridized carbons (Fsp3) is 0.500. The van der Waals surface area contributed by atoms with Crippen LogP contribution in [0, 0.1) is 0 Å². The summed E-state index contributed by atoms with van der Waals surface area (Å²) in [4.78, 5) is 13.2. The number of carboxylic acid groups (broad SMARTS) is 1. The Morgan fingerprint density at radius 3 is 2.95 bits per heavy atom. The lowest BCUT2D eigenvalue weighted by atomic mass is 10.1. The molecule has 1 N–H and O–H groups in total.